The summed E-state index contributed by atoms with van der Waals surface area (Å²) in [6.45, 7) is 0.372. The second-order valence-electron chi connectivity index (χ2n) is 6.66. The van der Waals surface area contributed by atoms with E-state index >= 15 is 0 Å². The van der Waals surface area contributed by atoms with E-state index in [4.69, 9.17) is 4.74 Å². The van der Waals surface area contributed by atoms with Gasteiger partial charge in [0.05, 0.1) is 12.2 Å². The predicted molar refractivity (Wildman–Crippen MR) is 91.6 cm³/mol. The third-order valence-corrected chi connectivity index (χ3v) is 7.61. The minimum absolute atomic E-state index is 0.0186. The smallest absolute Gasteiger partial charge is 0.256 e. The number of amides is 2. The van der Waals surface area contributed by atoms with Gasteiger partial charge in [0.2, 0.25) is 5.91 Å². The van der Waals surface area contributed by atoms with E-state index in [1.54, 1.807) is 0 Å². The van der Waals surface area contributed by atoms with Gasteiger partial charge in [0.1, 0.15) is 22.3 Å². The Morgan fingerprint density at radius 3 is 2.56 bits per heavy atom. The molecule has 1 spiro atoms. The van der Waals surface area contributed by atoms with Crippen molar-refractivity contribution in [2.24, 2.45) is 0 Å². The molecule has 2 aliphatic heterocycles. The molecule has 1 aromatic rings. The Kier molecular flexibility index (Phi) is 5.22. The molecule has 2 aliphatic rings. The van der Waals surface area contributed by atoms with Crippen LogP contribution in [0.4, 0.5) is 8.78 Å². The largest absolute Gasteiger partial charge is 0.383 e. The fraction of sp³-hybridized carbons (Fsp3) is 0.529. The first-order valence-corrected chi connectivity index (χ1v) is 10.1. The molecule has 0 N–H and O–H groups in total. The fourth-order valence-electron chi connectivity index (χ4n) is 3.75. The maximum Gasteiger partial charge on any atom is 0.256 e. The predicted octanol–water partition coefficient (Wildman–Crippen LogP) is 0.801. The number of rotatable bonds is 4. The van der Waals surface area contributed by atoms with Gasteiger partial charge in [-0.1, -0.05) is 0 Å². The lowest BCUT2D eigenvalue weighted by atomic mass is 10.0. The van der Waals surface area contributed by atoms with E-state index in [0.717, 1.165) is 18.2 Å². The van der Waals surface area contributed by atoms with Crippen LogP contribution in [-0.2, 0) is 19.4 Å². The van der Waals surface area contributed by atoms with E-state index in [9.17, 15) is 26.8 Å². The molecule has 3 rings (SSSR count). The molecule has 2 amide bonds. The van der Waals surface area contributed by atoms with E-state index in [1.807, 2.05) is 0 Å². The van der Waals surface area contributed by atoms with Crippen LogP contribution in [0.5, 0.6) is 0 Å². The van der Waals surface area contributed by atoms with Gasteiger partial charge in [0.25, 0.3) is 5.91 Å². The van der Waals surface area contributed by atoms with Crippen molar-refractivity contribution in [1.29, 1.82) is 0 Å². The molecule has 27 heavy (non-hydrogen) atoms. The summed E-state index contributed by atoms with van der Waals surface area (Å²) >= 11 is 0. The summed E-state index contributed by atoms with van der Waals surface area (Å²) in [5.41, 5.74) is -0.396. The van der Waals surface area contributed by atoms with Crippen LogP contribution in [0.15, 0.2) is 18.2 Å². The van der Waals surface area contributed by atoms with Gasteiger partial charge in [0, 0.05) is 39.6 Å². The lowest BCUT2D eigenvalue weighted by Crippen LogP contribution is -2.57. The van der Waals surface area contributed by atoms with Crippen LogP contribution in [0.1, 0.15) is 23.2 Å². The number of carbonyl (C=O) groups excluding carboxylic acids is 2. The number of ether oxygens (including phenoxy) is 1. The molecule has 2 heterocycles. The van der Waals surface area contributed by atoms with Gasteiger partial charge in [-0.25, -0.2) is 17.2 Å². The normalized spacial score (nSPS) is 21.1. The molecule has 0 atom stereocenters. The van der Waals surface area contributed by atoms with Crippen molar-refractivity contribution >= 4 is 21.7 Å². The van der Waals surface area contributed by atoms with Gasteiger partial charge in [-0.2, -0.15) is 0 Å². The zero-order chi connectivity index (χ0) is 19.8. The van der Waals surface area contributed by atoms with Crippen LogP contribution >= 0.6 is 0 Å². The molecule has 0 aromatic heterocycles. The van der Waals surface area contributed by atoms with Crippen LogP contribution in [0, 0.1) is 11.6 Å². The maximum absolute atomic E-state index is 13.9. The van der Waals surface area contributed by atoms with E-state index in [0.29, 0.717) is 0 Å². The molecule has 148 valence electrons. The minimum atomic E-state index is -3.72. The van der Waals surface area contributed by atoms with Gasteiger partial charge in [-0.3, -0.25) is 9.59 Å². The summed E-state index contributed by atoms with van der Waals surface area (Å²) in [7, 11) is -2.26. The minimum Gasteiger partial charge on any atom is -0.383 e. The first-order chi connectivity index (χ1) is 12.7. The maximum atomic E-state index is 13.9. The molecule has 0 bridgehead atoms. The Morgan fingerprint density at radius 1 is 1.26 bits per heavy atom. The van der Waals surface area contributed by atoms with Crippen molar-refractivity contribution < 1.29 is 31.5 Å². The van der Waals surface area contributed by atoms with Crippen LogP contribution in [-0.4, -0.2) is 74.0 Å². The number of piperidine rings is 1. The zero-order valence-corrected chi connectivity index (χ0v) is 15.6. The van der Waals surface area contributed by atoms with E-state index in [1.165, 1.54) is 16.9 Å². The van der Waals surface area contributed by atoms with Crippen LogP contribution in [0.25, 0.3) is 0 Å². The second kappa shape index (κ2) is 7.16. The van der Waals surface area contributed by atoms with Gasteiger partial charge >= 0.3 is 0 Å². The summed E-state index contributed by atoms with van der Waals surface area (Å²) in [4.78, 5) is 26.0. The average molecular weight is 402 g/mol. The summed E-state index contributed by atoms with van der Waals surface area (Å²) in [5.74, 6) is -3.33. The molecule has 0 unspecified atom stereocenters. The fourth-order valence-corrected chi connectivity index (χ4v) is 5.84. The quantitative estimate of drug-likeness (QED) is 0.744. The molecule has 2 saturated heterocycles. The number of likely N-dealkylation sites (tertiary alicyclic amines) is 1. The number of halogens is 2. The zero-order valence-electron chi connectivity index (χ0n) is 14.8. The van der Waals surface area contributed by atoms with Gasteiger partial charge in [-0.15, -0.1) is 0 Å². The van der Waals surface area contributed by atoms with E-state index < -0.39 is 49.5 Å². The van der Waals surface area contributed by atoms with Crippen molar-refractivity contribution in [3.63, 3.8) is 0 Å². The third-order valence-electron chi connectivity index (χ3n) is 5.20. The molecule has 1 aromatic carbocycles. The Morgan fingerprint density at radius 2 is 1.93 bits per heavy atom. The van der Waals surface area contributed by atoms with Crippen molar-refractivity contribution in [3.8, 4) is 0 Å². The number of nitrogens with zero attached hydrogens (tertiary/aromatic N) is 2. The number of hydrogen-bond acceptors (Lipinski definition) is 5. The van der Waals surface area contributed by atoms with Crippen molar-refractivity contribution in [3.05, 3.63) is 35.4 Å². The van der Waals surface area contributed by atoms with E-state index in [2.05, 4.69) is 0 Å². The average Bonchev–Trinajstić information content (AvgIpc) is 2.80. The van der Waals surface area contributed by atoms with Gasteiger partial charge in [-0.05, 0) is 18.2 Å². The van der Waals surface area contributed by atoms with Crippen molar-refractivity contribution in [2.75, 3.05) is 39.1 Å². The first-order valence-electron chi connectivity index (χ1n) is 8.48. The van der Waals surface area contributed by atoms with Crippen LogP contribution < -0.4 is 0 Å². The number of benzene rings is 1. The lowest BCUT2D eigenvalue weighted by Gasteiger charge is -2.43. The topological polar surface area (TPSA) is 84.0 Å². The highest BCUT2D eigenvalue weighted by Crippen LogP contribution is 2.40. The molecule has 10 heteroatoms. The molecular weight excluding hydrogens is 382 g/mol. The highest BCUT2D eigenvalue weighted by molar-refractivity contribution is 7.93. The Bertz CT molecular complexity index is 866. The van der Waals surface area contributed by atoms with Crippen LogP contribution in [0.3, 0.4) is 0 Å². The number of sulfone groups is 1. The summed E-state index contributed by atoms with van der Waals surface area (Å²) < 4.78 is 57.5. The van der Waals surface area contributed by atoms with E-state index in [-0.39, 0.29) is 39.1 Å². The van der Waals surface area contributed by atoms with Crippen LogP contribution in [0.2, 0.25) is 0 Å². The second-order valence-corrected chi connectivity index (χ2v) is 8.94. The van der Waals surface area contributed by atoms with Gasteiger partial charge < -0.3 is 14.5 Å². The monoisotopic (exact) mass is 402 g/mol. The number of hydrogen-bond donors (Lipinski definition) is 0. The molecule has 7 nitrogen and oxygen atoms in total. The molecule has 0 aliphatic carbocycles. The lowest BCUT2D eigenvalue weighted by molar-refractivity contribution is -0.131. The standard InChI is InChI=1S/C17H20F2N2O5S/c1-26-9-8-21-15(22)11-27(24,25)17(21)4-6-20(7-5-17)16(23)13-10-12(18)2-3-14(13)19/h2-3,10H,4-9,11H2,1H3. The third kappa shape index (κ3) is 3.31. The number of methoxy groups -OCH3 is 1. The Hall–Kier alpha value is -2.07. The van der Waals surface area contributed by atoms with Gasteiger partial charge in [0.15, 0.2) is 9.84 Å². The summed E-state index contributed by atoms with van der Waals surface area (Å²) in [6, 6.07) is 2.62. The highest BCUT2D eigenvalue weighted by atomic mass is 32.2. The number of carbonyl (C=O) groups is 2. The summed E-state index contributed by atoms with van der Waals surface area (Å²) in [6.07, 6.45) is 0.0426. The Balaban J connectivity index is 1.81. The molecule has 2 fully saturated rings. The first kappa shape index (κ1) is 19.7. The summed E-state index contributed by atoms with van der Waals surface area (Å²) in [5, 5.41) is 0. The van der Waals surface area contributed by atoms with Crippen molar-refractivity contribution in [2.45, 2.75) is 17.7 Å². The molecule has 0 radical (unpaired) electrons. The molecular formula is C17H20F2N2O5S. The molecule has 0 saturated carbocycles. The highest BCUT2D eigenvalue weighted by Gasteiger charge is 2.58. The SMILES string of the molecule is COCCN1C(=O)CS(=O)(=O)C12CCN(C(=O)c1cc(F)ccc1F)CC2. The Labute approximate surface area is 155 Å². The van der Waals surface area contributed by atoms with Crippen molar-refractivity contribution in [1.82, 2.24) is 9.80 Å².